The Hall–Kier alpha value is -4.95. The molecule has 0 unspecified atom stereocenters. The van der Waals surface area contributed by atoms with E-state index in [4.69, 9.17) is 4.42 Å². The van der Waals surface area contributed by atoms with E-state index >= 15 is 0 Å². The van der Waals surface area contributed by atoms with Gasteiger partial charge in [-0.25, -0.2) is 4.79 Å². The van der Waals surface area contributed by atoms with Crippen LogP contribution in [0.5, 0.6) is 0 Å². The SMILES string of the molecule is O=c1oc2c(-c3cccc(-c4ccccc4)c3)c(-c3ccccc3)c3ccccc3c2c2ccccc12. The fraction of sp³-hybridized carbons (Fsp3) is 0. The highest BCUT2D eigenvalue weighted by atomic mass is 16.4. The molecule has 2 heteroatoms. The first kappa shape index (κ1) is 21.3. The molecule has 7 aromatic rings. The quantitative estimate of drug-likeness (QED) is 0.189. The van der Waals surface area contributed by atoms with Gasteiger partial charge in [-0.2, -0.15) is 0 Å². The molecule has 0 bridgehead atoms. The minimum Gasteiger partial charge on any atom is -0.422 e. The van der Waals surface area contributed by atoms with E-state index in [1.54, 1.807) is 0 Å². The molecule has 1 heterocycles. The molecule has 6 aromatic carbocycles. The lowest BCUT2D eigenvalue weighted by Crippen LogP contribution is -2.02. The van der Waals surface area contributed by atoms with Crippen LogP contribution in [-0.4, -0.2) is 0 Å². The minimum atomic E-state index is -0.321. The topological polar surface area (TPSA) is 30.2 Å². The molecule has 2 nitrogen and oxygen atoms in total. The summed E-state index contributed by atoms with van der Waals surface area (Å²) in [6.45, 7) is 0. The molecule has 174 valence electrons. The number of hydrogen-bond donors (Lipinski definition) is 0. The molecule has 0 radical (unpaired) electrons. The fourth-order valence-corrected chi connectivity index (χ4v) is 5.48. The van der Waals surface area contributed by atoms with E-state index in [1.165, 1.54) is 0 Å². The Balaban J connectivity index is 1.71. The number of fused-ring (bicyclic) bond motifs is 5. The Morgan fingerprint density at radius 1 is 0.405 bits per heavy atom. The predicted molar refractivity (Wildman–Crippen MR) is 154 cm³/mol. The van der Waals surface area contributed by atoms with Gasteiger partial charge in [-0.15, -0.1) is 0 Å². The number of rotatable bonds is 3. The van der Waals surface area contributed by atoms with E-state index < -0.39 is 0 Å². The summed E-state index contributed by atoms with van der Waals surface area (Å²) in [6.07, 6.45) is 0. The van der Waals surface area contributed by atoms with Crippen LogP contribution in [0.4, 0.5) is 0 Å². The van der Waals surface area contributed by atoms with Crippen LogP contribution in [0.25, 0.3) is 65.9 Å². The average Bonchev–Trinajstić information content (AvgIpc) is 2.97. The Bertz CT molecular complexity index is 1980. The first-order valence-electron chi connectivity index (χ1n) is 12.4. The second-order valence-corrected chi connectivity index (χ2v) is 9.25. The third-order valence-corrected chi connectivity index (χ3v) is 7.10. The first-order chi connectivity index (χ1) is 18.3. The summed E-state index contributed by atoms with van der Waals surface area (Å²) in [4.78, 5) is 13.3. The smallest absolute Gasteiger partial charge is 0.344 e. The lowest BCUT2D eigenvalue weighted by Gasteiger charge is -2.18. The summed E-state index contributed by atoms with van der Waals surface area (Å²) >= 11 is 0. The predicted octanol–water partition coefficient (Wildman–Crippen LogP) is 9.10. The van der Waals surface area contributed by atoms with Gasteiger partial charge < -0.3 is 4.42 Å². The summed E-state index contributed by atoms with van der Waals surface area (Å²) in [5, 5.41) is 4.66. The Kier molecular flexibility index (Phi) is 4.97. The highest BCUT2D eigenvalue weighted by Gasteiger charge is 2.22. The second-order valence-electron chi connectivity index (χ2n) is 9.25. The van der Waals surface area contributed by atoms with Gasteiger partial charge in [-0.3, -0.25) is 0 Å². The van der Waals surface area contributed by atoms with Crippen molar-refractivity contribution in [3.63, 3.8) is 0 Å². The number of benzene rings is 6. The van der Waals surface area contributed by atoms with E-state index in [-0.39, 0.29) is 5.63 Å². The highest BCUT2D eigenvalue weighted by molar-refractivity contribution is 6.26. The van der Waals surface area contributed by atoms with Crippen molar-refractivity contribution in [3.8, 4) is 33.4 Å². The van der Waals surface area contributed by atoms with Gasteiger partial charge in [0.2, 0.25) is 0 Å². The van der Waals surface area contributed by atoms with Gasteiger partial charge in [0.1, 0.15) is 5.58 Å². The molecule has 0 spiro atoms. The standard InChI is InChI=1S/C35H22O2/c36-35-30-21-10-9-20-29(30)33-28-19-8-7-18-27(28)31(24-14-5-2-6-15-24)32(34(33)37-35)26-17-11-16-25(22-26)23-12-3-1-4-13-23/h1-22H. The second kappa shape index (κ2) is 8.61. The molecule has 37 heavy (non-hydrogen) atoms. The van der Waals surface area contributed by atoms with Gasteiger partial charge >= 0.3 is 5.63 Å². The molecular formula is C35H22O2. The van der Waals surface area contributed by atoms with Crippen LogP contribution in [0.3, 0.4) is 0 Å². The Morgan fingerprint density at radius 2 is 0.919 bits per heavy atom. The van der Waals surface area contributed by atoms with Crippen LogP contribution >= 0.6 is 0 Å². The molecular weight excluding hydrogens is 452 g/mol. The molecule has 0 saturated carbocycles. The molecule has 0 atom stereocenters. The first-order valence-corrected chi connectivity index (χ1v) is 12.4. The summed E-state index contributed by atoms with van der Waals surface area (Å²) < 4.78 is 6.22. The summed E-state index contributed by atoms with van der Waals surface area (Å²) in [7, 11) is 0. The van der Waals surface area contributed by atoms with Gasteiger partial charge in [-0.05, 0) is 45.2 Å². The molecule has 7 rings (SSSR count). The van der Waals surface area contributed by atoms with Crippen LogP contribution in [-0.2, 0) is 0 Å². The Labute approximate surface area is 214 Å². The molecule has 0 saturated heterocycles. The summed E-state index contributed by atoms with van der Waals surface area (Å²) in [6, 6.07) is 45.4. The van der Waals surface area contributed by atoms with Gasteiger partial charge in [0.15, 0.2) is 0 Å². The maximum Gasteiger partial charge on any atom is 0.344 e. The molecule has 0 amide bonds. The summed E-state index contributed by atoms with van der Waals surface area (Å²) in [5.74, 6) is 0. The van der Waals surface area contributed by atoms with Crippen LogP contribution in [0.15, 0.2) is 143 Å². The molecule has 0 fully saturated rings. The number of hydrogen-bond acceptors (Lipinski definition) is 2. The van der Waals surface area contributed by atoms with E-state index in [0.29, 0.717) is 11.0 Å². The zero-order valence-corrected chi connectivity index (χ0v) is 20.0. The fourth-order valence-electron chi connectivity index (χ4n) is 5.48. The normalized spacial score (nSPS) is 11.4. The van der Waals surface area contributed by atoms with Gasteiger partial charge in [0.05, 0.1) is 5.39 Å². The van der Waals surface area contributed by atoms with Crippen LogP contribution in [0, 0.1) is 0 Å². The minimum absolute atomic E-state index is 0.321. The van der Waals surface area contributed by atoms with Crippen molar-refractivity contribution in [1.29, 1.82) is 0 Å². The van der Waals surface area contributed by atoms with Crippen molar-refractivity contribution in [1.82, 2.24) is 0 Å². The van der Waals surface area contributed by atoms with Crippen molar-refractivity contribution in [2.24, 2.45) is 0 Å². The van der Waals surface area contributed by atoms with Gasteiger partial charge in [-0.1, -0.05) is 121 Å². The van der Waals surface area contributed by atoms with Crippen molar-refractivity contribution in [3.05, 3.63) is 144 Å². The maximum absolute atomic E-state index is 13.3. The molecule has 0 aliphatic carbocycles. The largest absolute Gasteiger partial charge is 0.422 e. The molecule has 0 aliphatic rings. The van der Waals surface area contributed by atoms with Crippen molar-refractivity contribution < 1.29 is 4.42 Å². The molecule has 1 aromatic heterocycles. The van der Waals surface area contributed by atoms with E-state index in [2.05, 4.69) is 78.9 Å². The average molecular weight is 475 g/mol. The van der Waals surface area contributed by atoms with E-state index in [9.17, 15) is 4.79 Å². The maximum atomic E-state index is 13.3. The highest BCUT2D eigenvalue weighted by Crippen LogP contribution is 2.46. The monoisotopic (exact) mass is 474 g/mol. The van der Waals surface area contributed by atoms with Gasteiger partial charge in [0, 0.05) is 21.9 Å². The van der Waals surface area contributed by atoms with Crippen LogP contribution in [0.1, 0.15) is 0 Å². The lowest BCUT2D eigenvalue weighted by molar-refractivity contribution is 0.571. The van der Waals surface area contributed by atoms with Crippen molar-refractivity contribution >= 4 is 32.5 Å². The zero-order chi connectivity index (χ0) is 24.8. The lowest BCUT2D eigenvalue weighted by atomic mass is 9.85. The molecule has 0 aliphatic heterocycles. The van der Waals surface area contributed by atoms with E-state index in [0.717, 1.165) is 54.9 Å². The zero-order valence-electron chi connectivity index (χ0n) is 20.0. The Morgan fingerprint density at radius 3 is 1.62 bits per heavy atom. The third-order valence-electron chi connectivity index (χ3n) is 7.10. The third kappa shape index (κ3) is 3.46. The van der Waals surface area contributed by atoms with E-state index in [1.807, 2.05) is 54.6 Å². The van der Waals surface area contributed by atoms with Crippen LogP contribution in [0.2, 0.25) is 0 Å². The van der Waals surface area contributed by atoms with Crippen molar-refractivity contribution in [2.75, 3.05) is 0 Å². The molecule has 0 N–H and O–H groups in total. The van der Waals surface area contributed by atoms with Gasteiger partial charge in [0.25, 0.3) is 0 Å². The van der Waals surface area contributed by atoms with Crippen molar-refractivity contribution in [2.45, 2.75) is 0 Å². The summed E-state index contributed by atoms with van der Waals surface area (Å²) in [5.41, 5.74) is 6.63. The van der Waals surface area contributed by atoms with Crippen LogP contribution < -0.4 is 5.63 Å².